The minimum Gasteiger partial charge on any atom is -0.394 e. The number of amides is 1. The molecule has 6 heteroatoms. The van der Waals surface area contributed by atoms with E-state index in [4.69, 9.17) is 12.2 Å². The number of hydrogen-bond donors (Lipinski definition) is 3. The summed E-state index contributed by atoms with van der Waals surface area (Å²) in [5, 5.41) is 13.2. The maximum Gasteiger partial charge on any atom is 0.228 e. The van der Waals surface area contributed by atoms with Crippen LogP contribution in [0.3, 0.4) is 0 Å². The van der Waals surface area contributed by atoms with Crippen LogP contribution in [0.25, 0.3) is 11.0 Å². The number of aromatic nitrogens is 2. The number of aromatic amines is 1. The van der Waals surface area contributed by atoms with Crippen LogP contribution in [-0.4, -0.2) is 27.2 Å². The van der Waals surface area contributed by atoms with E-state index in [-0.39, 0.29) is 18.4 Å². The summed E-state index contributed by atoms with van der Waals surface area (Å²) in [5.74, 6) is 0.0623. The quantitative estimate of drug-likeness (QED) is 0.182. The lowest BCUT2D eigenvalue weighted by atomic mass is 9.80. The first kappa shape index (κ1) is 25.4. The number of rotatable bonds is 8. The molecular weight excluding hydrogens is 478 g/mol. The van der Waals surface area contributed by atoms with Gasteiger partial charge in [0, 0.05) is 0 Å². The van der Waals surface area contributed by atoms with E-state index in [1.807, 2.05) is 48.5 Å². The molecule has 1 aliphatic rings. The molecule has 0 spiro atoms. The zero-order valence-corrected chi connectivity index (χ0v) is 21.9. The third kappa shape index (κ3) is 5.86. The molecule has 37 heavy (non-hydrogen) atoms. The molecule has 0 bridgehead atoms. The molecule has 2 atom stereocenters. The highest BCUT2D eigenvalue weighted by Crippen LogP contribution is 2.36. The largest absolute Gasteiger partial charge is 0.394 e. The zero-order chi connectivity index (χ0) is 25.6. The highest BCUT2D eigenvalue weighted by Gasteiger charge is 2.31. The number of carbonyl (C=O) groups excluding carboxylic acids is 1. The van der Waals surface area contributed by atoms with Crippen molar-refractivity contribution in [1.29, 1.82) is 0 Å². The molecule has 1 aromatic heterocycles. The molecule has 1 fully saturated rings. The average molecular weight is 514 g/mol. The number of nitrogens with zero attached hydrogens (tertiary/aromatic N) is 1. The van der Waals surface area contributed by atoms with Crippen LogP contribution in [0, 0.1) is 10.7 Å². The van der Waals surface area contributed by atoms with Crippen molar-refractivity contribution in [2.24, 2.45) is 5.92 Å². The molecule has 1 heterocycles. The van der Waals surface area contributed by atoms with E-state index in [1.54, 1.807) is 0 Å². The maximum absolute atomic E-state index is 13.8. The summed E-state index contributed by atoms with van der Waals surface area (Å²) in [6, 6.07) is 25.9. The fourth-order valence-electron chi connectivity index (χ4n) is 5.74. The second-order valence-corrected chi connectivity index (χ2v) is 10.5. The van der Waals surface area contributed by atoms with Gasteiger partial charge in [-0.25, -0.2) is 0 Å². The van der Waals surface area contributed by atoms with Crippen LogP contribution in [0.4, 0.5) is 0 Å². The minimum atomic E-state index is -0.412. The molecular formula is C31H35N3O2S. The summed E-state index contributed by atoms with van der Waals surface area (Å²) in [4.78, 5) is 17.1. The number of nitrogens with one attached hydrogen (secondary N) is 2. The van der Waals surface area contributed by atoms with Crippen molar-refractivity contribution in [3.05, 3.63) is 100 Å². The van der Waals surface area contributed by atoms with Crippen LogP contribution in [0.5, 0.6) is 0 Å². The summed E-state index contributed by atoms with van der Waals surface area (Å²) >= 11 is 5.58. The summed E-state index contributed by atoms with van der Waals surface area (Å²) in [6.45, 7) is 0.543. The predicted molar refractivity (Wildman–Crippen MR) is 151 cm³/mol. The highest BCUT2D eigenvalue weighted by atomic mass is 32.1. The van der Waals surface area contributed by atoms with Gasteiger partial charge in [0.1, 0.15) is 0 Å². The number of carbonyl (C=O) groups is 1. The van der Waals surface area contributed by atoms with Gasteiger partial charge in [0.2, 0.25) is 5.91 Å². The van der Waals surface area contributed by atoms with Gasteiger partial charge in [-0.15, -0.1) is 0 Å². The fourth-order valence-corrected chi connectivity index (χ4v) is 6.01. The second-order valence-electron chi connectivity index (χ2n) is 10.2. The molecule has 4 aromatic rings. The summed E-state index contributed by atoms with van der Waals surface area (Å²) < 4.78 is 2.82. The number of para-hydroxylation sites is 2. The summed E-state index contributed by atoms with van der Waals surface area (Å²) in [6.07, 6.45) is 6.90. The number of aliphatic hydroxyl groups is 1. The monoisotopic (exact) mass is 513 g/mol. The van der Waals surface area contributed by atoms with Gasteiger partial charge in [0.15, 0.2) is 4.77 Å². The second kappa shape index (κ2) is 11.9. The average Bonchev–Trinajstić information content (AvgIpc) is 3.07. The molecule has 2 unspecified atom stereocenters. The topological polar surface area (TPSA) is 70.0 Å². The lowest BCUT2D eigenvalue weighted by molar-refractivity contribution is -0.125. The number of benzene rings is 3. The normalized spacial score (nSPS) is 16.2. The molecule has 1 saturated carbocycles. The first-order valence-corrected chi connectivity index (χ1v) is 13.8. The van der Waals surface area contributed by atoms with Crippen LogP contribution >= 0.6 is 12.2 Å². The first-order chi connectivity index (χ1) is 18.1. The van der Waals surface area contributed by atoms with Crippen molar-refractivity contribution in [2.75, 3.05) is 6.61 Å². The Balaban J connectivity index is 1.40. The Morgan fingerprint density at radius 3 is 2.30 bits per heavy atom. The van der Waals surface area contributed by atoms with E-state index < -0.39 is 6.04 Å². The van der Waals surface area contributed by atoms with E-state index in [2.05, 4.69) is 45.2 Å². The van der Waals surface area contributed by atoms with Crippen LogP contribution in [0.1, 0.15) is 67.2 Å². The number of imidazole rings is 1. The molecule has 5 rings (SSSR count). The highest BCUT2D eigenvalue weighted by molar-refractivity contribution is 7.71. The lowest BCUT2D eigenvalue weighted by Crippen LogP contribution is -2.37. The molecule has 5 nitrogen and oxygen atoms in total. The number of H-pyrrole nitrogens is 1. The lowest BCUT2D eigenvalue weighted by Gasteiger charge is -2.28. The maximum atomic E-state index is 13.8. The molecule has 3 aromatic carbocycles. The zero-order valence-electron chi connectivity index (χ0n) is 21.1. The van der Waals surface area contributed by atoms with E-state index >= 15 is 0 Å². The number of hydrogen-bond acceptors (Lipinski definition) is 3. The predicted octanol–water partition coefficient (Wildman–Crippen LogP) is 6.65. The van der Waals surface area contributed by atoms with Gasteiger partial charge < -0.3 is 20.0 Å². The standard InChI is InChI=1S/C31H35N3O2S/c35-21-27(23-10-6-3-7-11-23)32-30(36)29(24-12-4-1-2-5-13-24)25-18-16-22(17-19-25)20-34-28-15-9-8-14-26(28)33-31(34)37/h3,6-11,14-19,24,27,29,35H,1-2,4-5,12-13,20-21H2,(H,32,36)(H,33,37). The fraction of sp³-hybridized carbons (Fsp3) is 0.355. The number of fused-ring (bicyclic) bond motifs is 1. The van der Waals surface area contributed by atoms with Crippen molar-refractivity contribution in [1.82, 2.24) is 14.9 Å². The molecule has 192 valence electrons. The Bertz CT molecular complexity index is 1370. The Morgan fingerprint density at radius 2 is 1.59 bits per heavy atom. The summed E-state index contributed by atoms with van der Waals surface area (Å²) in [7, 11) is 0. The third-order valence-electron chi connectivity index (χ3n) is 7.72. The van der Waals surface area contributed by atoms with Gasteiger partial charge >= 0.3 is 0 Å². The van der Waals surface area contributed by atoms with Gasteiger partial charge in [-0.3, -0.25) is 4.79 Å². The van der Waals surface area contributed by atoms with Crippen LogP contribution in [0.15, 0.2) is 78.9 Å². The Morgan fingerprint density at radius 1 is 0.919 bits per heavy atom. The third-order valence-corrected chi connectivity index (χ3v) is 8.04. The first-order valence-electron chi connectivity index (χ1n) is 13.4. The van der Waals surface area contributed by atoms with E-state index in [1.165, 1.54) is 12.8 Å². The van der Waals surface area contributed by atoms with Crippen LogP contribution < -0.4 is 5.32 Å². The van der Waals surface area contributed by atoms with Gasteiger partial charge in [0.25, 0.3) is 0 Å². The van der Waals surface area contributed by atoms with Crippen LogP contribution in [-0.2, 0) is 11.3 Å². The smallest absolute Gasteiger partial charge is 0.228 e. The van der Waals surface area contributed by atoms with E-state index in [9.17, 15) is 9.90 Å². The van der Waals surface area contributed by atoms with Gasteiger partial charge in [-0.2, -0.15) is 0 Å². The van der Waals surface area contributed by atoms with Crippen molar-refractivity contribution < 1.29 is 9.90 Å². The molecule has 1 amide bonds. The van der Waals surface area contributed by atoms with Crippen LogP contribution in [0.2, 0.25) is 0 Å². The molecule has 0 saturated heterocycles. The minimum absolute atomic E-state index is 0.00130. The Labute approximate surface area is 223 Å². The molecule has 0 aliphatic heterocycles. The van der Waals surface area contributed by atoms with Gasteiger partial charge in [-0.05, 0) is 59.8 Å². The Kier molecular flexibility index (Phi) is 8.17. The van der Waals surface area contributed by atoms with Crippen molar-refractivity contribution >= 4 is 29.2 Å². The molecule has 3 N–H and O–H groups in total. The van der Waals surface area contributed by atoms with Crippen molar-refractivity contribution in [3.63, 3.8) is 0 Å². The molecule has 1 aliphatic carbocycles. The van der Waals surface area contributed by atoms with E-state index in [0.29, 0.717) is 17.2 Å². The SMILES string of the molecule is O=C(NC(CO)c1ccccc1)C(c1ccc(Cn2c(=S)[nH]c3ccccc32)cc1)C1CCCCCC1. The number of aliphatic hydroxyl groups excluding tert-OH is 1. The van der Waals surface area contributed by atoms with Crippen molar-refractivity contribution in [3.8, 4) is 0 Å². The Hall–Kier alpha value is -3.22. The van der Waals surface area contributed by atoms with Crippen molar-refractivity contribution in [2.45, 2.75) is 57.0 Å². The van der Waals surface area contributed by atoms with Gasteiger partial charge in [0.05, 0.1) is 36.1 Å². The van der Waals surface area contributed by atoms with Gasteiger partial charge in [-0.1, -0.05) is 92.4 Å². The molecule has 0 radical (unpaired) electrons. The summed E-state index contributed by atoms with van der Waals surface area (Å²) in [5.41, 5.74) is 5.22. The van der Waals surface area contributed by atoms with E-state index in [0.717, 1.165) is 53.4 Å².